The van der Waals surface area contributed by atoms with E-state index in [2.05, 4.69) is 0 Å². The van der Waals surface area contributed by atoms with Crippen molar-refractivity contribution < 1.29 is 19.6 Å². The molecule has 0 saturated carbocycles. The number of nitro benzene ring substituents is 1. The molecule has 1 N–H and O–H groups in total. The monoisotopic (exact) mass is 306 g/mol. The van der Waals surface area contributed by atoms with Gasteiger partial charge in [-0.3, -0.25) is 14.9 Å². The normalized spacial score (nSPS) is 26.5. The Morgan fingerprint density at radius 1 is 1.45 bits per heavy atom. The van der Waals surface area contributed by atoms with Gasteiger partial charge in [0.2, 0.25) is 5.91 Å². The van der Waals surface area contributed by atoms with Gasteiger partial charge in [0.15, 0.2) is 0 Å². The molecule has 7 heteroatoms. The van der Waals surface area contributed by atoms with E-state index in [0.717, 1.165) is 6.42 Å². The molecule has 0 spiro atoms. The highest BCUT2D eigenvalue weighted by atomic mass is 16.6. The van der Waals surface area contributed by atoms with Gasteiger partial charge in [-0.15, -0.1) is 0 Å². The highest BCUT2D eigenvalue weighted by Crippen LogP contribution is 2.45. The van der Waals surface area contributed by atoms with Crippen LogP contribution in [0.2, 0.25) is 0 Å². The highest BCUT2D eigenvalue weighted by Gasteiger charge is 2.47. The van der Waals surface area contributed by atoms with Crippen LogP contribution in [0.25, 0.3) is 0 Å². The van der Waals surface area contributed by atoms with E-state index in [9.17, 15) is 20.0 Å². The van der Waals surface area contributed by atoms with Crippen LogP contribution in [0.4, 0.5) is 5.69 Å². The zero-order chi connectivity index (χ0) is 16.1. The van der Waals surface area contributed by atoms with Gasteiger partial charge in [0.25, 0.3) is 5.69 Å². The van der Waals surface area contributed by atoms with Gasteiger partial charge >= 0.3 is 0 Å². The maximum atomic E-state index is 12.1. The molecule has 2 aliphatic rings. The fourth-order valence-electron chi connectivity index (χ4n) is 3.16. The quantitative estimate of drug-likeness (QED) is 0.664. The number of hydrogen-bond acceptors (Lipinski definition) is 5. The Balaban J connectivity index is 2.10. The molecule has 1 aromatic rings. The summed E-state index contributed by atoms with van der Waals surface area (Å²) >= 11 is 0. The number of aliphatic hydroxyl groups is 1. The largest absolute Gasteiger partial charge is 0.484 e. The second-order valence-corrected chi connectivity index (χ2v) is 6.27. The Hall–Kier alpha value is -2.15. The summed E-state index contributed by atoms with van der Waals surface area (Å²) in [4.78, 5) is 24.2. The highest BCUT2D eigenvalue weighted by molar-refractivity contribution is 5.79. The lowest BCUT2D eigenvalue weighted by atomic mass is 9.85. The Kier molecular flexibility index (Phi) is 3.32. The van der Waals surface area contributed by atoms with Crippen molar-refractivity contribution in [1.82, 2.24) is 4.90 Å². The SMILES string of the molecule is CC1(C)Oc2cc([N+](=O)[O-])ccc2C(N2CCCC2=O)[C@@H]1O. The fraction of sp³-hybridized carbons (Fsp3) is 0.533. The number of fused-ring (bicyclic) bond motifs is 1. The van der Waals surface area contributed by atoms with Gasteiger partial charge in [0.05, 0.1) is 17.0 Å². The summed E-state index contributed by atoms with van der Waals surface area (Å²) in [6.45, 7) is 4.01. The molecule has 0 radical (unpaired) electrons. The van der Waals surface area contributed by atoms with Gasteiger partial charge < -0.3 is 14.7 Å². The zero-order valence-electron chi connectivity index (χ0n) is 12.5. The number of likely N-dealkylation sites (tertiary alicyclic amines) is 1. The topological polar surface area (TPSA) is 92.9 Å². The molecule has 0 bridgehead atoms. The first-order valence-electron chi connectivity index (χ1n) is 7.26. The molecule has 1 fully saturated rings. The second kappa shape index (κ2) is 4.95. The minimum absolute atomic E-state index is 0.00828. The number of carbonyl (C=O) groups is 1. The maximum absolute atomic E-state index is 12.1. The molecule has 22 heavy (non-hydrogen) atoms. The van der Waals surface area contributed by atoms with E-state index in [-0.39, 0.29) is 11.6 Å². The molecule has 1 amide bonds. The van der Waals surface area contributed by atoms with E-state index < -0.39 is 22.7 Å². The van der Waals surface area contributed by atoms with Gasteiger partial charge in [-0.25, -0.2) is 0 Å². The third kappa shape index (κ3) is 2.21. The Morgan fingerprint density at radius 2 is 2.18 bits per heavy atom. The molecule has 2 heterocycles. The van der Waals surface area contributed by atoms with Crippen LogP contribution in [-0.4, -0.2) is 39.1 Å². The van der Waals surface area contributed by atoms with Crippen LogP contribution in [0.1, 0.15) is 38.3 Å². The number of non-ortho nitro benzene ring substituents is 1. The molecule has 2 atom stereocenters. The second-order valence-electron chi connectivity index (χ2n) is 6.27. The van der Waals surface area contributed by atoms with Crippen molar-refractivity contribution in [2.24, 2.45) is 0 Å². The first kappa shape index (κ1) is 14.8. The van der Waals surface area contributed by atoms with Crippen LogP contribution in [0.3, 0.4) is 0 Å². The lowest BCUT2D eigenvalue weighted by molar-refractivity contribution is -0.385. The lowest BCUT2D eigenvalue weighted by Gasteiger charge is -2.45. The fourth-order valence-corrected chi connectivity index (χ4v) is 3.16. The molecule has 0 aliphatic carbocycles. The van der Waals surface area contributed by atoms with Crippen molar-refractivity contribution in [3.8, 4) is 5.75 Å². The van der Waals surface area contributed by atoms with Crippen LogP contribution >= 0.6 is 0 Å². The van der Waals surface area contributed by atoms with Crippen molar-refractivity contribution >= 4 is 11.6 Å². The summed E-state index contributed by atoms with van der Waals surface area (Å²) in [5.74, 6) is 0.347. The van der Waals surface area contributed by atoms with Crippen molar-refractivity contribution in [2.75, 3.05) is 6.54 Å². The number of amides is 1. The summed E-state index contributed by atoms with van der Waals surface area (Å²) in [7, 11) is 0. The zero-order valence-corrected chi connectivity index (χ0v) is 12.5. The van der Waals surface area contributed by atoms with Crippen molar-refractivity contribution in [3.05, 3.63) is 33.9 Å². The average molecular weight is 306 g/mol. The van der Waals surface area contributed by atoms with Crippen LogP contribution in [0.5, 0.6) is 5.75 Å². The molecule has 1 aromatic carbocycles. The van der Waals surface area contributed by atoms with Gasteiger partial charge in [-0.2, -0.15) is 0 Å². The van der Waals surface area contributed by atoms with E-state index in [1.54, 1.807) is 24.8 Å². The van der Waals surface area contributed by atoms with Crippen molar-refractivity contribution in [1.29, 1.82) is 0 Å². The number of aliphatic hydroxyl groups excluding tert-OH is 1. The van der Waals surface area contributed by atoms with Crippen LogP contribution in [0, 0.1) is 10.1 Å². The number of hydrogen-bond donors (Lipinski definition) is 1. The summed E-state index contributed by atoms with van der Waals surface area (Å²) in [5, 5.41) is 21.6. The molecular formula is C15H18N2O5. The molecule has 1 saturated heterocycles. The van der Waals surface area contributed by atoms with E-state index >= 15 is 0 Å². The number of benzene rings is 1. The molecule has 0 aromatic heterocycles. The minimum atomic E-state index is -0.935. The predicted molar refractivity (Wildman–Crippen MR) is 77.5 cm³/mol. The van der Waals surface area contributed by atoms with Crippen LogP contribution in [0.15, 0.2) is 18.2 Å². The van der Waals surface area contributed by atoms with E-state index in [4.69, 9.17) is 4.74 Å². The molecular weight excluding hydrogens is 288 g/mol. The maximum Gasteiger partial charge on any atom is 0.273 e. The molecule has 7 nitrogen and oxygen atoms in total. The number of carbonyl (C=O) groups excluding carboxylic acids is 1. The summed E-state index contributed by atoms with van der Waals surface area (Å²) < 4.78 is 5.76. The summed E-state index contributed by atoms with van der Waals surface area (Å²) in [6, 6.07) is 3.77. The first-order valence-corrected chi connectivity index (χ1v) is 7.26. The number of nitro groups is 1. The van der Waals surface area contributed by atoms with Crippen molar-refractivity contribution in [3.63, 3.8) is 0 Å². The van der Waals surface area contributed by atoms with Gasteiger partial charge in [-0.1, -0.05) is 0 Å². The third-order valence-corrected chi connectivity index (χ3v) is 4.36. The smallest absolute Gasteiger partial charge is 0.273 e. The Bertz CT molecular complexity index is 643. The van der Waals surface area contributed by atoms with Gasteiger partial charge in [-0.05, 0) is 26.3 Å². The number of nitrogens with zero attached hydrogens (tertiary/aromatic N) is 2. The van der Waals surface area contributed by atoms with E-state index in [1.807, 2.05) is 0 Å². The first-order chi connectivity index (χ1) is 10.3. The van der Waals surface area contributed by atoms with E-state index in [0.29, 0.717) is 24.3 Å². The van der Waals surface area contributed by atoms with Gasteiger partial charge in [0.1, 0.15) is 17.5 Å². The molecule has 2 aliphatic heterocycles. The Morgan fingerprint density at radius 3 is 2.77 bits per heavy atom. The number of ether oxygens (including phenoxy) is 1. The number of rotatable bonds is 2. The van der Waals surface area contributed by atoms with Crippen molar-refractivity contribution in [2.45, 2.75) is 44.4 Å². The van der Waals surface area contributed by atoms with Gasteiger partial charge in [0, 0.05) is 24.6 Å². The molecule has 1 unspecified atom stereocenters. The minimum Gasteiger partial charge on any atom is -0.484 e. The predicted octanol–water partition coefficient (Wildman–Crippen LogP) is 1.79. The molecule has 118 valence electrons. The average Bonchev–Trinajstić information content (AvgIpc) is 2.85. The van der Waals surface area contributed by atoms with Crippen LogP contribution < -0.4 is 4.74 Å². The summed E-state index contributed by atoms with van der Waals surface area (Å²) in [5.41, 5.74) is -0.388. The van der Waals surface area contributed by atoms with Crippen LogP contribution in [-0.2, 0) is 4.79 Å². The Labute approximate surface area is 127 Å². The van der Waals surface area contributed by atoms with E-state index in [1.165, 1.54) is 12.1 Å². The lowest BCUT2D eigenvalue weighted by Crippen LogP contribution is -2.53. The molecule has 3 rings (SSSR count). The third-order valence-electron chi connectivity index (χ3n) is 4.36. The standard InChI is InChI=1S/C15H18N2O5/c1-15(2)14(19)13(16-7-3-4-12(16)18)10-6-5-9(17(20)21)8-11(10)22-15/h5-6,8,13-14,19H,3-4,7H2,1-2H3/t13?,14-/m0/s1. The summed E-state index contributed by atoms with van der Waals surface area (Å²) in [6.07, 6.45) is 0.321.